The normalized spacial score (nSPS) is 9.47. The van der Waals surface area contributed by atoms with E-state index in [1.807, 2.05) is 0 Å². The number of nitrogens with one attached hydrogen (secondary N) is 2. The van der Waals surface area contributed by atoms with E-state index in [1.165, 1.54) is 31.3 Å². The second kappa shape index (κ2) is 5.09. The smallest absolute Gasteiger partial charge is 0.233 e. The number of carbonyl (C=O) groups is 2. The Hall–Kier alpha value is -1.91. The van der Waals surface area contributed by atoms with E-state index in [0.717, 1.165) is 0 Å². The average molecular weight is 210 g/mol. The van der Waals surface area contributed by atoms with Gasteiger partial charge in [-0.1, -0.05) is 0 Å². The summed E-state index contributed by atoms with van der Waals surface area (Å²) in [4.78, 5) is 22.0. The van der Waals surface area contributed by atoms with E-state index in [4.69, 9.17) is 0 Å². The summed E-state index contributed by atoms with van der Waals surface area (Å²) >= 11 is 0. The van der Waals surface area contributed by atoms with Crippen LogP contribution in [0.4, 0.5) is 10.1 Å². The van der Waals surface area contributed by atoms with Gasteiger partial charge in [-0.05, 0) is 24.3 Å². The number of rotatable bonds is 3. The highest BCUT2D eigenvalue weighted by Gasteiger charge is 2.07. The Balaban J connectivity index is 2.51. The average Bonchev–Trinajstić information content (AvgIpc) is 2.21. The summed E-state index contributed by atoms with van der Waals surface area (Å²) in [5.74, 6) is -1.17. The molecule has 15 heavy (non-hydrogen) atoms. The number of carbonyl (C=O) groups excluding carboxylic acids is 2. The van der Waals surface area contributed by atoms with E-state index in [1.54, 1.807) is 0 Å². The minimum atomic E-state index is -0.430. The molecule has 0 saturated carbocycles. The van der Waals surface area contributed by atoms with Crippen LogP contribution in [-0.4, -0.2) is 18.9 Å². The molecule has 2 N–H and O–H groups in total. The first kappa shape index (κ1) is 11.2. The molecular weight excluding hydrogens is 199 g/mol. The van der Waals surface area contributed by atoms with Crippen molar-refractivity contribution in [2.24, 2.45) is 0 Å². The van der Waals surface area contributed by atoms with Crippen LogP contribution in [0.1, 0.15) is 6.42 Å². The Morgan fingerprint density at radius 1 is 1.20 bits per heavy atom. The fourth-order valence-electron chi connectivity index (χ4n) is 0.973. The van der Waals surface area contributed by atoms with Gasteiger partial charge >= 0.3 is 0 Å². The third-order valence-corrected chi connectivity index (χ3v) is 1.73. The van der Waals surface area contributed by atoms with Crippen LogP contribution in [0.25, 0.3) is 0 Å². The van der Waals surface area contributed by atoms with Crippen LogP contribution in [0, 0.1) is 5.82 Å². The van der Waals surface area contributed by atoms with Gasteiger partial charge in [-0.15, -0.1) is 0 Å². The summed E-state index contributed by atoms with van der Waals surface area (Å²) in [6.45, 7) is 0. The number of amides is 2. The van der Waals surface area contributed by atoms with Crippen LogP contribution in [0.15, 0.2) is 24.3 Å². The predicted octanol–water partition coefficient (Wildman–Crippen LogP) is 0.900. The first-order valence-electron chi connectivity index (χ1n) is 4.38. The fraction of sp³-hybridized carbons (Fsp3) is 0.200. The van der Waals surface area contributed by atoms with Crippen molar-refractivity contribution in [3.8, 4) is 0 Å². The van der Waals surface area contributed by atoms with Crippen LogP contribution >= 0.6 is 0 Å². The van der Waals surface area contributed by atoms with Gasteiger partial charge < -0.3 is 10.6 Å². The van der Waals surface area contributed by atoms with E-state index in [-0.39, 0.29) is 18.1 Å². The number of benzene rings is 1. The molecule has 0 radical (unpaired) electrons. The maximum Gasteiger partial charge on any atom is 0.233 e. The number of hydrogen-bond donors (Lipinski definition) is 2. The minimum absolute atomic E-state index is 0.242. The summed E-state index contributed by atoms with van der Waals surface area (Å²) in [6.07, 6.45) is -0.242. The zero-order valence-electron chi connectivity index (χ0n) is 8.21. The predicted molar refractivity (Wildman–Crippen MR) is 53.7 cm³/mol. The highest BCUT2D eigenvalue weighted by atomic mass is 19.1. The molecule has 0 unspecified atom stereocenters. The molecule has 1 aromatic rings. The summed E-state index contributed by atoms with van der Waals surface area (Å²) in [6, 6.07) is 5.32. The number of halogens is 1. The largest absolute Gasteiger partial charge is 0.359 e. The first-order chi connectivity index (χ1) is 7.11. The molecule has 2 amide bonds. The van der Waals surface area contributed by atoms with Crippen molar-refractivity contribution in [2.75, 3.05) is 12.4 Å². The van der Waals surface area contributed by atoms with Crippen molar-refractivity contribution in [1.29, 1.82) is 0 Å². The second-order valence-electron chi connectivity index (χ2n) is 2.91. The quantitative estimate of drug-likeness (QED) is 0.728. The molecule has 0 aromatic heterocycles. The van der Waals surface area contributed by atoms with Gasteiger partial charge in [-0.2, -0.15) is 0 Å². The molecule has 0 atom stereocenters. The van der Waals surface area contributed by atoms with E-state index in [2.05, 4.69) is 10.6 Å². The van der Waals surface area contributed by atoms with Crippen LogP contribution < -0.4 is 10.6 Å². The number of anilines is 1. The van der Waals surface area contributed by atoms with Crippen molar-refractivity contribution >= 4 is 17.5 Å². The topological polar surface area (TPSA) is 58.2 Å². The molecule has 0 saturated heterocycles. The van der Waals surface area contributed by atoms with Crippen LogP contribution in [0.5, 0.6) is 0 Å². The number of hydrogen-bond acceptors (Lipinski definition) is 2. The van der Waals surface area contributed by atoms with Crippen molar-refractivity contribution in [3.63, 3.8) is 0 Å². The van der Waals surface area contributed by atoms with E-state index < -0.39 is 5.91 Å². The second-order valence-corrected chi connectivity index (χ2v) is 2.91. The third kappa shape index (κ3) is 3.76. The maximum absolute atomic E-state index is 12.5. The van der Waals surface area contributed by atoms with Crippen molar-refractivity contribution in [1.82, 2.24) is 5.32 Å². The minimum Gasteiger partial charge on any atom is -0.359 e. The fourth-order valence-corrected chi connectivity index (χ4v) is 0.973. The van der Waals surface area contributed by atoms with Crippen molar-refractivity contribution in [3.05, 3.63) is 30.1 Å². The van der Waals surface area contributed by atoms with E-state index >= 15 is 0 Å². The lowest BCUT2D eigenvalue weighted by Gasteiger charge is -2.03. The molecule has 1 aromatic carbocycles. The lowest BCUT2D eigenvalue weighted by molar-refractivity contribution is -0.126. The van der Waals surface area contributed by atoms with Crippen LogP contribution in [0.2, 0.25) is 0 Å². The molecule has 0 aliphatic carbocycles. The molecule has 80 valence electrons. The Kier molecular flexibility index (Phi) is 3.79. The summed E-state index contributed by atoms with van der Waals surface area (Å²) in [7, 11) is 1.45. The highest BCUT2D eigenvalue weighted by Crippen LogP contribution is 2.08. The van der Waals surface area contributed by atoms with Gasteiger partial charge in [-0.25, -0.2) is 4.39 Å². The van der Waals surface area contributed by atoms with Crippen molar-refractivity contribution in [2.45, 2.75) is 6.42 Å². The highest BCUT2D eigenvalue weighted by molar-refractivity contribution is 6.03. The van der Waals surface area contributed by atoms with Gasteiger partial charge in [-0.3, -0.25) is 9.59 Å². The molecule has 0 aliphatic rings. The molecule has 0 heterocycles. The Morgan fingerprint density at radius 2 is 1.80 bits per heavy atom. The van der Waals surface area contributed by atoms with E-state index in [0.29, 0.717) is 5.69 Å². The van der Waals surface area contributed by atoms with Crippen LogP contribution in [0.3, 0.4) is 0 Å². The van der Waals surface area contributed by atoms with Crippen molar-refractivity contribution < 1.29 is 14.0 Å². The molecule has 5 heteroatoms. The Labute approximate surface area is 86.5 Å². The van der Waals surface area contributed by atoms with Gasteiger partial charge in [0.25, 0.3) is 0 Å². The maximum atomic E-state index is 12.5. The molecule has 0 bridgehead atoms. The third-order valence-electron chi connectivity index (χ3n) is 1.73. The standard InChI is InChI=1S/C10H11FN2O2/c1-12-9(14)6-10(15)13-8-4-2-7(11)3-5-8/h2-5H,6H2,1H3,(H,12,14)(H,13,15). The first-order valence-corrected chi connectivity index (χ1v) is 4.38. The Morgan fingerprint density at radius 3 is 2.33 bits per heavy atom. The summed E-state index contributed by atoms with van der Waals surface area (Å²) in [5.41, 5.74) is 0.463. The van der Waals surface area contributed by atoms with Gasteiger partial charge in [0.1, 0.15) is 12.2 Å². The monoisotopic (exact) mass is 210 g/mol. The molecule has 0 fully saturated rings. The zero-order valence-corrected chi connectivity index (χ0v) is 8.21. The van der Waals surface area contributed by atoms with Gasteiger partial charge in [0.2, 0.25) is 11.8 Å². The summed E-state index contributed by atoms with van der Waals surface area (Å²) in [5, 5.41) is 4.80. The lowest BCUT2D eigenvalue weighted by Crippen LogP contribution is -2.24. The molecule has 1 rings (SSSR count). The molecule has 4 nitrogen and oxygen atoms in total. The summed E-state index contributed by atoms with van der Waals surface area (Å²) < 4.78 is 12.5. The zero-order chi connectivity index (χ0) is 11.3. The van der Waals surface area contributed by atoms with Gasteiger partial charge in [0.05, 0.1) is 0 Å². The molecule has 0 aliphatic heterocycles. The lowest BCUT2D eigenvalue weighted by atomic mass is 10.3. The Bertz CT molecular complexity index is 362. The van der Waals surface area contributed by atoms with E-state index in [9.17, 15) is 14.0 Å². The SMILES string of the molecule is CNC(=O)CC(=O)Nc1ccc(F)cc1. The van der Waals surface area contributed by atoms with Gasteiger partial charge in [0.15, 0.2) is 0 Å². The molecular formula is C10H11FN2O2. The van der Waals surface area contributed by atoms with Crippen LogP contribution in [-0.2, 0) is 9.59 Å². The molecule has 0 spiro atoms. The van der Waals surface area contributed by atoms with Gasteiger partial charge in [0, 0.05) is 12.7 Å².